The van der Waals surface area contributed by atoms with Gasteiger partial charge in [0.25, 0.3) is 0 Å². The molecule has 0 unspecified atom stereocenters. The molecule has 112 valence electrons. The summed E-state index contributed by atoms with van der Waals surface area (Å²) in [4.78, 5) is 11.9. The van der Waals surface area contributed by atoms with Crippen molar-refractivity contribution < 1.29 is 14.3 Å². The number of benzene rings is 1. The number of anilines is 1. The first-order valence-electron chi connectivity index (χ1n) is 6.42. The Kier molecular flexibility index (Phi) is 5.10. The van der Waals surface area contributed by atoms with Crippen LogP contribution < -0.4 is 14.8 Å². The molecule has 1 amide bonds. The molecular weight excluding hydrogens is 290 g/mol. The van der Waals surface area contributed by atoms with Gasteiger partial charge in [-0.3, -0.25) is 4.79 Å². The first-order chi connectivity index (χ1) is 10.1. The Labute approximate surface area is 127 Å². The van der Waals surface area contributed by atoms with Gasteiger partial charge in [-0.05, 0) is 31.0 Å². The van der Waals surface area contributed by atoms with Gasteiger partial charge in [-0.1, -0.05) is 11.3 Å². The van der Waals surface area contributed by atoms with Crippen LogP contribution in [0.25, 0.3) is 0 Å². The molecule has 2 rings (SSSR count). The number of rotatable bonds is 6. The fourth-order valence-electron chi connectivity index (χ4n) is 1.80. The van der Waals surface area contributed by atoms with Crippen molar-refractivity contribution in [2.45, 2.75) is 19.8 Å². The number of amides is 1. The molecule has 7 heteroatoms. The molecule has 6 nitrogen and oxygen atoms in total. The van der Waals surface area contributed by atoms with Crippen LogP contribution in [0, 0.1) is 6.92 Å². The van der Waals surface area contributed by atoms with Crippen LogP contribution in [0.5, 0.6) is 11.5 Å². The summed E-state index contributed by atoms with van der Waals surface area (Å²) in [5, 5.41) is 11.8. The Balaban J connectivity index is 1.94. The second-order valence-corrected chi connectivity index (χ2v) is 5.58. The standard InChI is InChI=1S/C14H17N3O3S/c1-9-16-17-14(21-9)15-13(18)5-4-10-6-11(19-2)8-12(7-10)20-3/h6-8H,4-5H2,1-3H3,(H,15,17,18). The molecule has 0 bridgehead atoms. The van der Waals surface area contributed by atoms with E-state index in [2.05, 4.69) is 15.5 Å². The van der Waals surface area contributed by atoms with Crippen LogP contribution >= 0.6 is 11.3 Å². The van der Waals surface area contributed by atoms with Gasteiger partial charge in [0.2, 0.25) is 11.0 Å². The lowest BCUT2D eigenvalue weighted by Crippen LogP contribution is -2.12. The molecule has 21 heavy (non-hydrogen) atoms. The first kappa shape index (κ1) is 15.2. The van der Waals surface area contributed by atoms with E-state index in [-0.39, 0.29) is 5.91 Å². The Morgan fingerprint density at radius 2 is 1.86 bits per heavy atom. The molecule has 0 radical (unpaired) electrons. The topological polar surface area (TPSA) is 73.3 Å². The third-order valence-electron chi connectivity index (χ3n) is 2.82. The number of aryl methyl sites for hydroxylation is 2. The highest BCUT2D eigenvalue weighted by atomic mass is 32.1. The van der Waals surface area contributed by atoms with E-state index in [1.165, 1.54) is 11.3 Å². The van der Waals surface area contributed by atoms with Gasteiger partial charge in [-0.25, -0.2) is 0 Å². The highest BCUT2D eigenvalue weighted by molar-refractivity contribution is 7.15. The summed E-state index contributed by atoms with van der Waals surface area (Å²) in [6.45, 7) is 1.84. The van der Waals surface area contributed by atoms with Gasteiger partial charge >= 0.3 is 0 Å². The van der Waals surface area contributed by atoms with Crippen molar-refractivity contribution in [1.82, 2.24) is 10.2 Å². The molecule has 0 saturated carbocycles. The third kappa shape index (κ3) is 4.42. The number of carbonyl (C=O) groups excluding carboxylic acids is 1. The van der Waals surface area contributed by atoms with Gasteiger partial charge in [-0.2, -0.15) is 0 Å². The molecule has 0 fully saturated rings. The number of methoxy groups -OCH3 is 2. The number of aromatic nitrogens is 2. The molecule has 2 aromatic rings. The Bertz CT molecular complexity index is 605. The average Bonchev–Trinajstić information content (AvgIpc) is 2.89. The van der Waals surface area contributed by atoms with Gasteiger partial charge < -0.3 is 14.8 Å². The second kappa shape index (κ2) is 7.03. The van der Waals surface area contributed by atoms with E-state index >= 15 is 0 Å². The van der Waals surface area contributed by atoms with Crippen LogP contribution in [0.3, 0.4) is 0 Å². The summed E-state index contributed by atoms with van der Waals surface area (Å²) in [6.07, 6.45) is 0.951. The van der Waals surface area contributed by atoms with Crippen molar-refractivity contribution >= 4 is 22.4 Å². The minimum Gasteiger partial charge on any atom is -0.497 e. The van der Waals surface area contributed by atoms with Gasteiger partial charge in [0.05, 0.1) is 14.2 Å². The molecule has 0 aliphatic carbocycles. The van der Waals surface area contributed by atoms with Crippen LogP contribution in [0.1, 0.15) is 17.0 Å². The highest BCUT2D eigenvalue weighted by Gasteiger charge is 2.08. The van der Waals surface area contributed by atoms with Crippen LogP contribution in [-0.4, -0.2) is 30.3 Å². The van der Waals surface area contributed by atoms with Crippen molar-refractivity contribution in [2.75, 3.05) is 19.5 Å². The van der Waals surface area contributed by atoms with E-state index in [9.17, 15) is 4.79 Å². The number of carbonyl (C=O) groups is 1. The predicted octanol–water partition coefficient (Wildman–Crippen LogP) is 2.44. The SMILES string of the molecule is COc1cc(CCC(=O)Nc2nnc(C)s2)cc(OC)c1. The molecule has 0 atom stereocenters. The van der Waals surface area contributed by atoms with Crippen molar-refractivity contribution in [1.29, 1.82) is 0 Å². The summed E-state index contributed by atoms with van der Waals surface area (Å²) in [6, 6.07) is 5.59. The maximum atomic E-state index is 11.9. The van der Waals surface area contributed by atoms with Crippen LogP contribution in [-0.2, 0) is 11.2 Å². The fraction of sp³-hybridized carbons (Fsp3) is 0.357. The van der Waals surface area contributed by atoms with Crippen LogP contribution in [0.15, 0.2) is 18.2 Å². The van der Waals surface area contributed by atoms with Crippen molar-refractivity contribution in [3.63, 3.8) is 0 Å². The van der Waals surface area contributed by atoms with E-state index in [1.807, 2.05) is 19.1 Å². The Morgan fingerprint density at radius 1 is 1.19 bits per heavy atom. The molecule has 1 aromatic heterocycles. The molecule has 1 heterocycles. The zero-order valence-corrected chi connectivity index (χ0v) is 13.0. The zero-order chi connectivity index (χ0) is 15.2. The quantitative estimate of drug-likeness (QED) is 0.887. The summed E-state index contributed by atoms with van der Waals surface area (Å²) < 4.78 is 10.4. The average molecular weight is 307 g/mol. The Morgan fingerprint density at radius 3 is 2.38 bits per heavy atom. The maximum Gasteiger partial charge on any atom is 0.226 e. The number of nitrogens with zero attached hydrogens (tertiary/aromatic N) is 2. The number of ether oxygens (including phenoxy) is 2. The fourth-order valence-corrected chi connectivity index (χ4v) is 2.41. The van der Waals surface area contributed by atoms with E-state index in [0.29, 0.717) is 29.5 Å². The minimum absolute atomic E-state index is 0.0899. The lowest BCUT2D eigenvalue weighted by molar-refractivity contribution is -0.116. The molecule has 0 aliphatic rings. The van der Waals surface area contributed by atoms with Crippen LogP contribution in [0.4, 0.5) is 5.13 Å². The third-order valence-corrected chi connectivity index (χ3v) is 3.58. The van der Waals surface area contributed by atoms with E-state index in [1.54, 1.807) is 20.3 Å². The molecule has 0 aliphatic heterocycles. The van der Waals surface area contributed by atoms with Crippen LogP contribution in [0.2, 0.25) is 0 Å². The van der Waals surface area contributed by atoms with Gasteiger partial charge in [-0.15, -0.1) is 10.2 Å². The van der Waals surface area contributed by atoms with Gasteiger partial charge in [0.15, 0.2) is 0 Å². The monoisotopic (exact) mass is 307 g/mol. The van der Waals surface area contributed by atoms with E-state index in [0.717, 1.165) is 10.6 Å². The first-order valence-corrected chi connectivity index (χ1v) is 7.24. The van der Waals surface area contributed by atoms with E-state index < -0.39 is 0 Å². The zero-order valence-electron chi connectivity index (χ0n) is 12.2. The van der Waals surface area contributed by atoms with E-state index in [4.69, 9.17) is 9.47 Å². The Hall–Kier alpha value is -2.15. The van der Waals surface area contributed by atoms with Crippen molar-refractivity contribution in [2.24, 2.45) is 0 Å². The smallest absolute Gasteiger partial charge is 0.226 e. The number of hydrogen-bond acceptors (Lipinski definition) is 6. The predicted molar refractivity (Wildman–Crippen MR) is 81.1 cm³/mol. The summed E-state index contributed by atoms with van der Waals surface area (Å²) in [5.74, 6) is 1.34. The van der Waals surface area contributed by atoms with Crippen molar-refractivity contribution in [3.8, 4) is 11.5 Å². The maximum absolute atomic E-state index is 11.9. The highest BCUT2D eigenvalue weighted by Crippen LogP contribution is 2.23. The van der Waals surface area contributed by atoms with Gasteiger partial charge in [0.1, 0.15) is 16.5 Å². The molecule has 1 aromatic carbocycles. The summed E-state index contributed by atoms with van der Waals surface area (Å²) in [5.41, 5.74) is 0.981. The lowest BCUT2D eigenvalue weighted by Gasteiger charge is -2.08. The summed E-state index contributed by atoms with van der Waals surface area (Å²) >= 11 is 1.36. The minimum atomic E-state index is -0.0899. The molecule has 1 N–H and O–H groups in total. The summed E-state index contributed by atoms with van der Waals surface area (Å²) in [7, 11) is 3.20. The lowest BCUT2D eigenvalue weighted by atomic mass is 10.1. The second-order valence-electron chi connectivity index (χ2n) is 4.40. The largest absolute Gasteiger partial charge is 0.497 e. The number of hydrogen-bond donors (Lipinski definition) is 1. The molecular formula is C14H17N3O3S. The molecule has 0 saturated heterocycles. The normalized spacial score (nSPS) is 10.2. The van der Waals surface area contributed by atoms with Crippen molar-refractivity contribution in [3.05, 3.63) is 28.8 Å². The molecule has 0 spiro atoms. The number of nitrogens with one attached hydrogen (secondary N) is 1. The van der Waals surface area contributed by atoms with Gasteiger partial charge in [0, 0.05) is 12.5 Å².